The normalized spacial score (nSPS) is 21.7. The summed E-state index contributed by atoms with van der Waals surface area (Å²) in [6, 6.07) is 10.3. The summed E-state index contributed by atoms with van der Waals surface area (Å²) in [5.41, 5.74) is 1.21. The molecule has 1 aromatic rings. The minimum atomic E-state index is 0.183. The summed E-state index contributed by atoms with van der Waals surface area (Å²) in [4.78, 5) is 4.97. The first-order valence-corrected chi connectivity index (χ1v) is 4.64. The van der Waals surface area contributed by atoms with Gasteiger partial charge in [-0.3, -0.25) is 0 Å². The van der Waals surface area contributed by atoms with Crippen molar-refractivity contribution in [1.29, 1.82) is 0 Å². The zero-order valence-electron chi connectivity index (χ0n) is 6.43. The molecule has 0 spiro atoms. The van der Waals surface area contributed by atoms with Crippen molar-refractivity contribution in [2.75, 3.05) is 6.61 Å². The number of hydrogen-bond donors (Lipinski definition) is 0. The Labute approximate surface area is 79.5 Å². The average Bonchev–Trinajstić information content (AvgIpc) is 2.54. The SMILES string of the molecule is [Se]C1=N[C@@H](c2ccccc2)CO1. The van der Waals surface area contributed by atoms with E-state index in [1.54, 1.807) is 0 Å². The van der Waals surface area contributed by atoms with Crippen LogP contribution in [0.2, 0.25) is 0 Å². The summed E-state index contributed by atoms with van der Waals surface area (Å²) in [7, 11) is 0. The van der Waals surface area contributed by atoms with Crippen LogP contribution in [0.15, 0.2) is 35.3 Å². The van der Waals surface area contributed by atoms with Crippen molar-refractivity contribution in [3.05, 3.63) is 35.9 Å². The molecule has 2 rings (SSSR count). The standard InChI is InChI=1S/C9H8NOSe/c12-9-10-8(6-11-9)7-4-2-1-3-5-7/h1-5,8H,6H2/t8-/m1/s1. The van der Waals surface area contributed by atoms with Crippen molar-refractivity contribution in [3.63, 3.8) is 0 Å². The summed E-state index contributed by atoms with van der Waals surface area (Å²) in [6.07, 6.45) is 0. The van der Waals surface area contributed by atoms with E-state index in [4.69, 9.17) is 4.74 Å². The molecule has 2 nitrogen and oxygen atoms in total. The van der Waals surface area contributed by atoms with Gasteiger partial charge in [0.05, 0.1) is 0 Å². The summed E-state index contributed by atoms with van der Waals surface area (Å²) in [5, 5.41) is 0. The van der Waals surface area contributed by atoms with Crippen molar-refractivity contribution in [3.8, 4) is 0 Å². The van der Waals surface area contributed by atoms with Gasteiger partial charge in [-0.25, -0.2) is 0 Å². The Morgan fingerprint density at radius 2 is 2.08 bits per heavy atom. The van der Waals surface area contributed by atoms with Crippen LogP contribution in [0.1, 0.15) is 11.6 Å². The molecule has 1 aromatic carbocycles. The molecular weight excluding hydrogens is 217 g/mol. The Hall–Kier alpha value is -0.791. The summed E-state index contributed by atoms with van der Waals surface area (Å²) >= 11 is 2.77. The zero-order chi connectivity index (χ0) is 8.39. The molecule has 0 saturated heterocycles. The molecule has 1 aliphatic heterocycles. The third-order valence-electron chi connectivity index (χ3n) is 1.81. The molecule has 0 saturated carbocycles. The number of aliphatic imine (C=N–C) groups is 1. The molecule has 1 atom stereocenters. The minimum absolute atomic E-state index is 0.183. The zero-order valence-corrected chi connectivity index (χ0v) is 8.15. The van der Waals surface area contributed by atoms with Crippen LogP contribution in [-0.4, -0.2) is 27.4 Å². The van der Waals surface area contributed by atoms with Crippen LogP contribution in [0.3, 0.4) is 0 Å². The maximum absolute atomic E-state index is 5.21. The van der Waals surface area contributed by atoms with Gasteiger partial charge in [0, 0.05) is 0 Å². The van der Waals surface area contributed by atoms with Crippen molar-refractivity contribution >= 4 is 20.8 Å². The van der Waals surface area contributed by atoms with Crippen LogP contribution in [-0.2, 0) is 4.74 Å². The van der Waals surface area contributed by atoms with Crippen molar-refractivity contribution in [1.82, 2.24) is 0 Å². The van der Waals surface area contributed by atoms with Crippen LogP contribution in [0.5, 0.6) is 0 Å². The van der Waals surface area contributed by atoms with Gasteiger partial charge in [-0.05, 0) is 0 Å². The van der Waals surface area contributed by atoms with E-state index >= 15 is 0 Å². The molecule has 0 amide bonds. The van der Waals surface area contributed by atoms with Gasteiger partial charge in [0.25, 0.3) is 0 Å². The molecule has 1 aliphatic rings. The second-order valence-corrected chi connectivity index (χ2v) is 3.37. The van der Waals surface area contributed by atoms with Crippen LogP contribution < -0.4 is 0 Å². The number of hydrogen-bond acceptors (Lipinski definition) is 2. The summed E-state index contributed by atoms with van der Waals surface area (Å²) < 4.78 is 5.21. The fraction of sp³-hybridized carbons (Fsp3) is 0.222. The molecule has 0 N–H and O–H groups in total. The van der Waals surface area contributed by atoms with E-state index < -0.39 is 0 Å². The first-order valence-electron chi connectivity index (χ1n) is 3.79. The number of nitrogens with zero attached hydrogens (tertiary/aromatic N) is 1. The Morgan fingerprint density at radius 3 is 2.67 bits per heavy atom. The Bertz CT molecular complexity index is 297. The van der Waals surface area contributed by atoms with E-state index in [9.17, 15) is 0 Å². The van der Waals surface area contributed by atoms with E-state index in [0.29, 0.717) is 11.4 Å². The van der Waals surface area contributed by atoms with E-state index in [2.05, 4.69) is 33.1 Å². The molecule has 3 heteroatoms. The molecule has 1 heterocycles. The molecule has 0 aliphatic carbocycles. The third-order valence-corrected chi connectivity index (χ3v) is 2.28. The second-order valence-electron chi connectivity index (χ2n) is 2.63. The van der Waals surface area contributed by atoms with Crippen LogP contribution in [0.25, 0.3) is 0 Å². The predicted octanol–water partition coefficient (Wildman–Crippen LogP) is 1.28. The molecule has 0 aromatic heterocycles. The Morgan fingerprint density at radius 1 is 1.33 bits per heavy atom. The van der Waals surface area contributed by atoms with E-state index in [1.165, 1.54) is 5.56 Å². The predicted molar refractivity (Wildman–Crippen MR) is 48.3 cm³/mol. The summed E-state index contributed by atoms with van der Waals surface area (Å²) in [5.74, 6) is 0. The fourth-order valence-electron chi connectivity index (χ4n) is 1.20. The summed E-state index contributed by atoms with van der Waals surface area (Å²) in [6.45, 7) is 0.659. The van der Waals surface area contributed by atoms with Crippen molar-refractivity contribution < 1.29 is 4.74 Å². The molecule has 12 heavy (non-hydrogen) atoms. The quantitative estimate of drug-likeness (QED) is 0.660. The van der Waals surface area contributed by atoms with Gasteiger partial charge in [0.1, 0.15) is 0 Å². The number of ether oxygens (including phenoxy) is 1. The van der Waals surface area contributed by atoms with Gasteiger partial charge in [0.15, 0.2) is 0 Å². The second kappa shape index (κ2) is 3.30. The van der Waals surface area contributed by atoms with E-state index in [1.807, 2.05) is 18.2 Å². The van der Waals surface area contributed by atoms with Gasteiger partial charge < -0.3 is 0 Å². The average molecular weight is 225 g/mol. The van der Waals surface area contributed by atoms with Gasteiger partial charge in [-0.2, -0.15) is 0 Å². The molecule has 61 valence electrons. The number of benzene rings is 1. The van der Waals surface area contributed by atoms with Crippen molar-refractivity contribution in [2.45, 2.75) is 6.04 Å². The van der Waals surface area contributed by atoms with E-state index in [0.717, 1.165) is 0 Å². The van der Waals surface area contributed by atoms with Gasteiger partial charge >= 0.3 is 79.1 Å². The first-order chi connectivity index (χ1) is 5.86. The van der Waals surface area contributed by atoms with Crippen LogP contribution >= 0.6 is 0 Å². The Balaban J connectivity index is 2.22. The topological polar surface area (TPSA) is 21.6 Å². The Kier molecular flexibility index (Phi) is 2.15. The molecular formula is C9H8NOSe. The first kappa shape index (κ1) is 7.84. The monoisotopic (exact) mass is 226 g/mol. The fourth-order valence-corrected chi connectivity index (χ4v) is 1.61. The van der Waals surface area contributed by atoms with Crippen LogP contribution in [0, 0.1) is 0 Å². The van der Waals surface area contributed by atoms with Gasteiger partial charge in [0.2, 0.25) is 0 Å². The third kappa shape index (κ3) is 1.52. The van der Waals surface area contributed by atoms with Crippen LogP contribution in [0.4, 0.5) is 0 Å². The van der Waals surface area contributed by atoms with Crippen molar-refractivity contribution in [2.24, 2.45) is 4.99 Å². The molecule has 0 unspecified atom stereocenters. The van der Waals surface area contributed by atoms with Gasteiger partial charge in [-0.15, -0.1) is 0 Å². The molecule has 0 fully saturated rings. The maximum atomic E-state index is 5.21. The molecule has 0 bridgehead atoms. The van der Waals surface area contributed by atoms with Gasteiger partial charge in [-0.1, -0.05) is 0 Å². The van der Waals surface area contributed by atoms with E-state index in [-0.39, 0.29) is 6.04 Å². The molecule has 1 radical (unpaired) electrons. The number of rotatable bonds is 1.